The highest BCUT2D eigenvalue weighted by molar-refractivity contribution is 5.78. The fraction of sp³-hybridized carbons (Fsp3) is 0.304. The van der Waals surface area contributed by atoms with Crippen LogP contribution in [-0.4, -0.2) is 40.7 Å². The van der Waals surface area contributed by atoms with Gasteiger partial charge in [0, 0.05) is 24.3 Å². The molecule has 1 aromatic heterocycles. The second kappa shape index (κ2) is 8.59. The largest absolute Gasteiger partial charge is 0.493 e. The zero-order chi connectivity index (χ0) is 21.1. The molecule has 156 valence electrons. The Kier molecular flexibility index (Phi) is 5.72. The Hall–Kier alpha value is -3.32. The molecule has 0 saturated carbocycles. The molecule has 3 aromatic rings. The van der Waals surface area contributed by atoms with Crippen molar-refractivity contribution >= 4 is 11.6 Å². The summed E-state index contributed by atoms with van der Waals surface area (Å²) in [7, 11) is 3.25. The Labute approximate surface area is 176 Å². The van der Waals surface area contributed by atoms with E-state index < -0.39 is 0 Å². The first-order valence-electron chi connectivity index (χ1n) is 9.97. The lowest BCUT2D eigenvalue weighted by Crippen LogP contribution is -2.20. The molecule has 1 aliphatic rings. The van der Waals surface area contributed by atoms with Crippen LogP contribution in [0.5, 0.6) is 11.5 Å². The van der Waals surface area contributed by atoms with Crippen molar-refractivity contribution in [3.05, 3.63) is 71.1 Å². The molecule has 0 aliphatic carbocycles. The Morgan fingerprint density at radius 1 is 1.07 bits per heavy atom. The van der Waals surface area contributed by atoms with Gasteiger partial charge in [-0.2, -0.15) is 10.1 Å². The van der Waals surface area contributed by atoms with Crippen molar-refractivity contribution in [2.45, 2.75) is 25.8 Å². The van der Waals surface area contributed by atoms with E-state index in [0.29, 0.717) is 36.1 Å². The molecular formula is C23H26N4O3. The number of rotatable bonds is 7. The van der Waals surface area contributed by atoms with Crippen LogP contribution in [0.4, 0.5) is 5.95 Å². The van der Waals surface area contributed by atoms with E-state index in [1.54, 1.807) is 14.2 Å². The van der Waals surface area contributed by atoms with Crippen LogP contribution in [-0.2, 0) is 6.42 Å². The SMILES string of the molecule is COc1ccc(C2=CC(c3ccc(C)cc3)n3nc(CCCO)nc3N2)cc1OC. The molecule has 2 heterocycles. The summed E-state index contributed by atoms with van der Waals surface area (Å²) in [5.41, 5.74) is 4.23. The number of anilines is 1. The normalized spacial score (nSPS) is 15.2. The number of hydrogen-bond donors (Lipinski definition) is 2. The van der Waals surface area contributed by atoms with Crippen molar-refractivity contribution in [1.82, 2.24) is 14.8 Å². The van der Waals surface area contributed by atoms with Gasteiger partial charge in [0.15, 0.2) is 17.3 Å². The van der Waals surface area contributed by atoms with Crippen molar-refractivity contribution in [3.63, 3.8) is 0 Å². The summed E-state index contributed by atoms with van der Waals surface area (Å²) in [4.78, 5) is 4.67. The maximum atomic E-state index is 9.16. The van der Waals surface area contributed by atoms with E-state index in [1.807, 2.05) is 22.9 Å². The molecule has 2 aromatic carbocycles. The second-order valence-corrected chi connectivity index (χ2v) is 7.25. The van der Waals surface area contributed by atoms with E-state index in [1.165, 1.54) is 5.56 Å². The third-order valence-electron chi connectivity index (χ3n) is 5.18. The number of aromatic nitrogens is 3. The van der Waals surface area contributed by atoms with Gasteiger partial charge < -0.3 is 19.9 Å². The van der Waals surface area contributed by atoms with Crippen LogP contribution in [0.25, 0.3) is 5.70 Å². The number of aliphatic hydroxyl groups is 1. The molecule has 7 nitrogen and oxygen atoms in total. The van der Waals surface area contributed by atoms with Crippen LogP contribution in [0.3, 0.4) is 0 Å². The fourth-order valence-electron chi connectivity index (χ4n) is 3.55. The zero-order valence-electron chi connectivity index (χ0n) is 17.4. The lowest BCUT2D eigenvalue weighted by molar-refractivity contribution is 0.287. The molecule has 4 rings (SSSR count). The van der Waals surface area contributed by atoms with E-state index in [-0.39, 0.29) is 12.6 Å². The van der Waals surface area contributed by atoms with E-state index in [9.17, 15) is 0 Å². The lowest BCUT2D eigenvalue weighted by Gasteiger charge is -2.25. The Morgan fingerprint density at radius 3 is 2.53 bits per heavy atom. The highest BCUT2D eigenvalue weighted by atomic mass is 16.5. The number of aliphatic hydroxyl groups excluding tert-OH is 1. The standard InChI is InChI=1S/C23H26N4O3/c1-15-6-8-16(9-7-15)19-14-18(17-10-11-20(29-2)21(13-17)30-3)24-23-25-22(5-4-12-28)26-27(19)23/h6-11,13-14,19,28H,4-5,12H2,1-3H3,(H,24,25,26). The minimum Gasteiger partial charge on any atom is -0.493 e. The number of nitrogens with one attached hydrogen (secondary N) is 1. The van der Waals surface area contributed by atoms with Gasteiger partial charge >= 0.3 is 0 Å². The third-order valence-corrected chi connectivity index (χ3v) is 5.18. The summed E-state index contributed by atoms with van der Waals surface area (Å²) in [5.74, 6) is 2.74. The number of hydrogen-bond acceptors (Lipinski definition) is 6. The van der Waals surface area contributed by atoms with Crippen molar-refractivity contribution in [2.24, 2.45) is 0 Å². The maximum absolute atomic E-state index is 9.16. The molecule has 2 N–H and O–H groups in total. The van der Waals surface area contributed by atoms with Gasteiger partial charge in [0.1, 0.15) is 6.04 Å². The average Bonchev–Trinajstić information content (AvgIpc) is 3.20. The van der Waals surface area contributed by atoms with Gasteiger partial charge in [-0.25, -0.2) is 4.68 Å². The van der Waals surface area contributed by atoms with E-state index in [0.717, 1.165) is 16.8 Å². The molecule has 7 heteroatoms. The number of benzene rings is 2. The molecule has 1 atom stereocenters. The summed E-state index contributed by atoms with van der Waals surface area (Å²) < 4.78 is 12.7. The first-order chi connectivity index (χ1) is 14.6. The second-order valence-electron chi connectivity index (χ2n) is 7.25. The number of aryl methyl sites for hydroxylation is 2. The monoisotopic (exact) mass is 406 g/mol. The average molecular weight is 406 g/mol. The number of ether oxygens (including phenoxy) is 2. The Morgan fingerprint density at radius 2 is 1.83 bits per heavy atom. The molecule has 0 radical (unpaired) electrons. The first kappa shape index (κ1) is 20.0. The van der Waals surface area contributed by atoms with Gasteiger partial charge in [-0.1, -0.05) is 29.8 Å². The third kappa shape index (κ3) is 3.89. The molecule has 30 heavy (non-hydrogen) atoms. The summed E-state index contributed by atoms with van der Waals surface area (Å²) in [5, 5.41) is 17.3. The predicted octanol–water partition coefficient (Wildman–Crippen LogP) is 3.58. The first-order valence-corrected chi connectivity index (χ1v) is 9.97. The van der Waals surface area contributed by atoms with Gasteiger partial charge in [-0.3, -0.25) is 0 Å². The molecule has 0 fully saturated rings. The van der Waals surface area contributed by atoms with E-state index in [4.69, 9.17) is 19.7 Å². The van der Waals surface area contributed by atoms with E-state index >= 15 is 0 Å². The van der Waals surface area contributed by atoms with E-state index in [2.05, 4.69) is 47.6 Å². The summed E-state index contributed by atoms with van der Waals surface area (Å²) >= 11 is 0. The van der Waals surface area contributed by atoms with Gasteiger partial charge in [-0.05, 0) is 43.2 Å². The van der Waals surface area contributed by atoms with Crippen molar-refractivity contribution < 1.29 is 14.6 Å². The molecular weight excluding hydrogens is 380 g/mol. The number of allylic oxidation sites excluding steroid dienone is 1. The predicted molar refractivity (Wildman–Crippen MR) is 116 cm³/mol. The molecule has 0 amide bonds. The van der Waals surface area contributed by atoms with Crippen LogP contribution in [0, 0.1) is 6.92 Å². The van der Waals surface area contributed by atoms with Crippen molar-refractivity contribution in [1.29, 1.82) is 0 Å². The smallest absolute Gasteiger partial charge is 0.226 e. The molecule has 1 unspecified atom stereocenters. The lowest BCUT2D eigenvalue weighted by atomic mass is 10.0. The van der Waals surface area contributed by atoms with Gasteiger partial charge in [0.25, 0.3) is 0 Å². The highest BCUT2D eigenvalue weighted by Gasteiger charge is 2.25. The number of fused-ring (bicyclic) bond motifs is 1. The number of nitrogens with zero attached hydrogens (tertiary/aromatic N) is 3. The molecule has 0 bridgehead atoms. The van der Waals surface area contributed by atoms with Crippen molar-refractivity contribution in [2.75, 3.05) is 26.1 Å². The maximum Gasteiger partial charge on any atom is 0.226 e. The summed E-state index contributed by atoms with van der Waals surface area (Å²) in [6.45, 7) is 2.19. The minimum atomic E-state index is -0.0969. The minimum absolute atomic E-state index is 0.0969. The Balaban J connectivity index is 1.77. The van der Waals surface area contributed by atoms with Crippen molar-refractivity contribution in [3.8, 4) is 11.5 Å². The van der Waals surface area contributed by atoms with Crippen LogP contribution in [0.2, 0.25) is 0 Å². The van der Waals surface area contributed by atoms with Gasteiger partial charge in [-0.15, -0.1) is 0 Å². The quantitative estimate of drug-likeness (QED) is 0.624. The molecule has 0 saturated heterocycles. The topological polar surface area (TPSA) is 81.4 Å². The Bertz CT molecular complexity index is 1060. The van der Waals surface area contributed by atoms with Crippen LogP contribution >= 0.6 is 0 Å². The summed E-state index contributed by atoms with van der Waals surface area (Å²) in [6.07, 6.45) is 3.41. The highest BCUT2D eigenvalue weighted by Crippen LogP contribution is 2.36. The molecule has 1 aliphatic heterocycles. The van der Waals surface area contributed by atoms with Crippen LogP contribution in [0.1, 0.15) is 35.0 Å². The summed E-state index contributed by atoms with van der Waals surface area (Å²) in [6, 6.07) is 14.2. The van der Waals surface area contributed by atoms with Crippen LogP contribution < -0.4 is 14.8 Å². The van der Waals surface area contributed by atoms with Crippen LogP contribution in [0.15, 0.2) is 48.5 Å². The fourth-order valence-corrected chi connectivity index (χ4v) is 3.55. The zero-order valence-corrected chi connectivity index (χ0v) is 17.4. The van der Waals surface area contributed by atoms with Gasteiger partial charge in [0.05, 0.1) is 14.2 Å². The van der Waals surface area contributed by atoms with Gasteiger partial charge in [0.2, 0.25) is 5.95 Å². The molecule has 0 spiro atoms. The number of methoxy groups -OCH3 is 2.